The van der Waals surface area contributed by atoms with Crippen molar-refractivity contribution >= 4 is 18.0 Å². The molecule has 2 N–H and O–H groups in total. The Morgan fingerprint density at radius 1 is 1.11 bits per heavy atom. The maximum absolute atomic E-state index is 12.0. The predicted molar refractivity (Wildman–Crippen MR) is 103 cm³/mol. The number of nitrogens with zero attached hydrogens (tertiary/aromatic N) is 1. The average Bonchev–Trinajstić information content (AvgIpc) is 2.69. The van der Waals surface area contributed by atoms with Crippen molar-refractivity contribution in [1.29, 1.82) is 0 Å². The van der Waals surface area contributed by atoms with Crippen LogP contribution in [0.25, 0.3) is 0 Å². The van der Waals surface area contributed by atoms with Crippen molar-refractivity contribution in [3.8, 4) is 11.5 Å². The number of hydrogen-bond donors (Lipinski definition) is 2. The summed E-state index contributed by atoms with van der Waals surface area (Å²) >= 11 is 0. The van der Waals surface area contributed by atoms with E-state index in [0.29, 0.717) is 23.7 Å². The first-order valence-corrected chi connectivity index (χ1v) is 8.54. The molecular formula is C20H23N3O4. The molecule has 0 aliphatic rings. The van der Waals surface area contributed by atoms with Crippen molar-refractivity contribution in [2.24, 2.45) is 5.10 Å². The Hall–Kier alpha value is -3.35. The summed E-state index contributed by atoms with van der Waals surface area (Å²) in [5.41, 5.74) is 3.81. The molecule has 7 heteroatoms. The molecule has 0 saturated carbocycles. The summed E-state index contributed by atoms with van der Waals surface area (Å²) in [6.07, 6.45) is 1.42. The van der Waals surface area contributed by atoms with Gasteiger partial charge in [0.2, 0.25) is 0 Å². The van der Waals surface area contributed by atoms with E-state index in [0.717, 1.165) is 5.56 Å². The lowest BCUT2D eigenvalue weighted by Gasteiger charge is -2.13. The van der Waals surface area contributed by atoms with Crippen LogP contribution in [0, 0.1) is 0 Å². The molecule has 0 saturated heterocycles. The standard InChI is InChI=1S/C20H23N3O4/c1-4-27-18-12-15(10-11-17(18)26-3)13-21-23-20(25)19(24)22-14(2)16-8-6-5-7-9-16/h5-14H,4H2,1-3H3,(H,22,24)(H,23,25)/b21-13-/t14-/m1/s1. The van der Waals surface area contributed by atoms with Crippen LogP contribution in [0.3, 0.4) is 0 Å². The van der Waals surface area contributed by atoms with E-state index in [9.17, 15) is 9.59 Å². The van der Waals surface area contributed by atoms with Gasteiger partial charge in [-0.05, 0) is 43.2 Å². The number of methoxy groups -OCH3 is 1. The van der Waals surface area contributed by atoms with E-state index in [1.807, 2.05) is 37.3 Å². The van der Waals surface area contributed by atoms with Gasteiger partial charge in [-0.2, -0.15) is 5.10 Å². The van der Waals surface area contributed by atoms with Crippen LogP contribution in [0.4, 0.5) is 0 Å². The summed E-state index contributed by atoms with van der Waals surface area (Å²) in [7, 11) is 1.56. The minimum atomic E-state index is -0.840. The Balaban J connectivity index is 1.92. The summed E-state index contributed by atoms with van der Waals surface area (Å²) in [5.74, 6) is -0.419. The van der Waals surface area contributed by atoms with Crippen molar-refractivity contribution in [2.45, 2.75) is 19.9 Å². The summed E-state index contributed by atoms with van der Waals surface area (Å²) in [4.78, 5) is 23.8. The second-order valence-electron chi connectivity index (χ2n) is 5.65. The van der Waals surface area contributed by atoms with Crippen LogP contribution in [-0.4, -0.2) is 31.7 Å². The molecule has 0 radical (unpaired) electrons. The molecule has 0 heterocycles. The number of hydrogen-bond acceptors (Lipinski definition) is 5. The number of hydrazone groups is 1. The van der Waals surface area contributed by atoms with Crippen molar-refractivity contribution in [1.82, 2.24) is 10.7 Å². The van der Waals surface area contributed by atoms with Gasteiger partial charge in [0, 0.05) is 0 Å². The van der Waals surface area contributed by atoms with Gasteiger partial charge in [-0.25, -0.2) is 5.43 Å². The third kappa shape index (κ3) is 5.85. The molecule has 0 aliphatic carbocycles. The fourth-order valence-corrected chi connectivity index (χ4v) is 2.35. The third-order valence-electron chi connectivity index (χ3n) is 3.72. The number of ether oxygens (including phenoxy) is 2. The largest absolute Gasteiger partial charge is 0.493 e. The fourth-order valence-electron chi connectivity index (χ4n) is 2.35. The minimum Gasteiger partial charge on any atom is -0.493 e. The predicted octanol–water partition coefficient (Wildman–Crippen LogP) is 2.42. The number of carbonyl (C=O) groups is 2. The number of amides is 2. The molecule has 1 atom stereocenters. The molecule has 0 aliphatic heterocycles. The van der Waals surface area contributed by atoms with Gasteiger partial charge < -0.3 is 14.8 Å². The molecule has 27 heavy (non-hydrogen) atoms. The van der Waals surface area contributed by atoms with Gasteiger partial charge in [0.15, 0.2) is 11.5 Å². The smallest absolute Gasteiger partial charge is 0.329 e. The van der Waals surface area contributed by atoms with Crippen molar-refractivity contribution in [2.75, 3.05) is 13.7 Å². The highest BCUT2D eigenvalue weighted by atomic mass is 16.5. The molecule has 2 aromatic rings. The van der Waals surface area contributed by atoms with Crippen molar-refractivity contribution in [3.05, 3.63) is 59.7 Å². The van der Waals surface area contributed by atoms with E-state index >= 15 is 0 Å². The van der Waals surface area contributed by atoms with Crippen molar-refractivity contribution < 1.29 is 19.1 Å². The molecule has 2 amide bonds. The van der Waals surface area contributed by atoms with E-state index in [2.05, 4.69) is 15.8 Å². The SMILES string of the molecule is CCOc1cc(/C=N\NC(=O)C(=O)N[C@H](C)c2ccccc2)ccc1OC. The summed E-state index contributed by atoms with van der Waals surface area (Å²) in [5, 5.41) is 6.44. The highest BCUT2D eigenvalue weighted by Gasteiger charge is 2.16. The average molecular weight is 369 g/mol. The lowest BCUT2D eigenvalue weighted by atomic mass is 10.1. The first-order chi connectivity index (χ1) is 13.0. The Bertz CT molecular complexity index is 806. The molecule has 0 unspecified atom stereocenters. The number of nitrogens with one attached hydrogen (secondary N) is 2. The van der Waals surface area contributed by atoms with E-state index in [1.54, 1.807) is 32.2 Å². The first kappa shape index (κ1) is 20.0. The molecule has 0 fully saturated rings. The number of benzene rings is 2. The highest BCUT2D eigenvalue weighted by molar-refractivity contribution is 6.35. The van der Waals surface area contributed by atoms with E-state index < -0.39 is 11.8 Å². The van der Waals surface area contributed by atoms with Crippen LogP contribution >= 0.6 is 0 Å². The van der Waals surface area contributed by atoms with Crippen LogP contribution in [0.1, 0.15) is 31.0 Å². The molecule has 2 aromatic carbocycles. The van der Waals surface area contributed by atoms with Crippen LogP contribution in [0.2, 0.25) is 0 Å². The Morgan fingerprint density at radius 3 is 2.52 bits per heavy atom. The molecule has 0 spiro atoms. The normalized spacial score (nSPS) is 11.7. The van der Waals surface area contributed by atoms with Gasteiger partial charge in [0.1, 0.15) is 0 Å². The lowest BCUT2D eigenvalue weighted by Crippen LogP contribution is -2.39. The van der Waals surface area contributed by atoms with Crippen LogP contribution in [0.5, 0.6) is 11.5 Å². The summed E-state index contributed by atoms with van der Waals surface area (Å²) in [6, 6.07) is 14.3. The van der Waals surface area contributed by atoms with Gasteiger partial charge in [0.25, 0.3) is 0 Å². The first-order valence-electron chi connectivity index (χ1n) is 8.54. The van der Waals surface area contributed by atoms with Gasteiger partial charge in [-0.1, -0.05) is 30.3 Å². The zero-order chi connectivity index (χ0) is 19.6. The summed E-state index contributed by atoms with van der Waals surface area (Å²) < 4.78 is 10.7. The maximum atomic E-state index is 12.0. The monoisotopic (exact) mass is 369 g/mol. The molecule has 0 bridgehead atoms. The van der Waals surface area contributed by atoms with Gasteiger partial charge in [-0.15, -0.1) is 0 Å². The fraction of sp³-hybridized carbons (Fsp3) is 0.250. The minimum absolute atomic E-state index is 0.288. The molecule has 0 aromatic heterocycles. The van der Waals surface area contributed by atoms with Gasteiger partial charge in [0.05, 0.1) is 26.0 Å². The second kappa shape index (κ2) is 9.96. The molecule has 7 nitrogen and oxygen atoms in total. The highest BCUT2D eigenvalue weighted by Crippen LogP contribution is 2.27. The van der Waals surface area contributed by atoms with E-state index in [1.165, 1.54) is 6.21 Å². The Kier molecular flexibility index (Phi) is 7.37. The van der Waals surface area contributed by atoms with Gasteiger partial charge >= 0.3 is 11.8 Å². The van der Waals surface area contributed by atoms with E-state index in [-0.39, 0.29) is 6.04 Å². The van der Waals surface area contributed by atoms with Crippen LogP contribution in [-0.2, 0) is 9.59 Å². The molecule has 2 rings (SSSR count). The van der Waals surface area contributed by atoms with Crippen LogP contribution < -0.4 is 20.2 Å². The zero-order valence-corrected chi connectivity index (χ0v) is 15.6. The number of carbonyl (C=O) groups excluding carboxylic acids is 2. The molecular weight excluding hydrogens is 346 g/mol. The third-order valence-corrected chi connectivity index (χ3v) is 3.72. The Labute approximate surface area is 158 Å². The molecule has 142 valence electrons. The zero-order valence-electron chi connectivity index (χ0n) is 15.6. The maximum Gasteiger partial charge on any atom is 0.329 e. The number of rotatable bonds is 7. The van der Waals surface area contributed by atoms with Crippen molar-refractivity contribution in [3.63, 3.8) is 0 Å². The van der Waals surface area contributed by atoms with Gasteiger partial charge in [-0.3, -0.25) is 9.59 Å². The lowest BCUT2D eigenvalue weighted by molar-refractivity contribution is -0.139. The summed E-state index contributed by atoms with van der Waals surface area (Å²) in [6.45, 7) is 4.17. The quantitative estimate of drug-likeness (QED) is 0.446. The van der Waals surface area contributed by atoms with E-state index in [4.69, 9.17) is 9.47 Å². The topological polar surface area (TPSA) is 89.0 Å². The second-order valence-corrected chi connectivity index (χ2v) is 5.65. The van der Waals surface area contributed by atoms with Crippen LogP contribution in [0.15, 0.2) is 53.6 Å². The Morgan fingerprint density at radius 2 is 1.85 bits per heavy atom.